The number of hydrogen-bond donors (Lipinski definition) is 5. The number of rotatable bonds is 6. The highest BCUT2D eigenvalue weighted by molar-refractivity contribution is 5.92. The molecule has 0 aliphatic rings. The lowest BCUT2D eigenvalue weighted by molar-refractivity contribution is 0.0690. The fourth-order valence-electron chi connectivity index (χ4n) is 2.50. The number of benzene rings is 1. The van der Waals surface area contributed by atoms with Crippen molar-refractivity contribution in [2.45, 2.75) is 12.5 Å². The second kappa shape index (κ2) is 7.37. The Bertz CT molecular complexity index is 826. The Kier molecular flexibility index (Phi) is 5.45. The lowest BCUT2D eigenvalue weighted by atomic mass is 9.97. The van der Waals surface area contributed by atoms with Gasteiger partial charge in [0.15, 0.2) is 5.56 Å². The number of nitrogens with one attached hydrogen (secondary N) is 1. The van der Waals surface area contributed by atoms with E-state index in [1.165, 1.54) is 0 Å². The second-order valence-corrected chi connectivity index (χ2v) is 5.82. The zero-order chi connectivity index (χ0) is 18.7. The molecule has 2 aromatic rings. The van der Waals surface area contributed by atoms with Gasteiger partial charge in [-0.1, -0.05) is 12.1 Å². The van der Waals surface area contributed by atoms with Crippen molar-refractivity contribution in [2.75, 3.05) is 25.6 Å². The summed E-state index contributed by atoms with van der Waals surface area (Å²) in [6.07, 6.45) is -1.43. The fraction of sp³-hybridized carbons (Fsp3) is 0.294. The summed E-state index contributed by atoms with van der Waals surface area (Å²) in [7, 11) is 3.74. The summed E-state index contributed by atoms with van der Waals surface area (Å²) in [5.41, 5.74) is -0.0429. The number of aromatic amines is 1. The summed E-state index contributed by atoms with van der Waals surface area (Å²) >= 11 is 0. The monoisotopic (exact) mass is 348 g/mol. The van der Waals surface area contributed by atoms with E-state index in [2.05, 4.69) is 4.98 Å². The van der Waals surface area contributed by atoms with Gasteiger partial charge in [0.2, 0.25) is 0 Å². The molecule has 8 heteroatoms. The number of aromatic carboxylic acids is 1. The molecule has 0 saturated carbocycles. The molecule has 1 atom stereocenters. The number of aromatic hydroxyl groups is 1. The van der Waals surface area contributed by atoms with Crippen LogP contribution in [0.2, 0.25) is 0 Å². The van der Waals surface area contributed by atoms with E-state index >= 15 is 0 Å². The third kappa shape index (κ3) is 3.81. The van der Waals surface area contributed by atoms with Crippen LogP contribution in [-0.2, 0) is 6.42 Å². The van der Waals surface area contributed by atoms with E-state index in [-0.39, 0.29) is 17.7 Å². The number of nitrogens with zero attached hydrogens (tertiary/aromatic N) is 1. The maximum Gasteiger partial charge on any atom is 0.345 e. The number of H-pyrrole nitrogens is 1. The first-order valence-electron chi connectivity index (χ1n) is 7.54. The van der Waals surface area contributed by atoms with Gasteiger partial charge in [-0.25, -0.2) is 4.79 Å². The summed E-state index contributed by atoms with van der Waals surface area (Å²) in [4.78, 5) is 27.6. The van der Waals surface area contributed by atoms with Crippen LogP contribution in [0.15, 0.2) is 29.1 Å². The summed E-state index contributed by atoms with van der Waals surface area (Å²) in [6, 6.07) is 6.99. The molecule has 0 amide bonds. The molecule has 8 nitrogen and oxygen atoms in total. The smallest absolute Gasteiger partial charge is 0.345 e. The van der Waals surface area contributed by atoms with E-state index in [1.54, 1.807) is 24.3 Å². The first kappa shape index (κ1) is 18.5. The van der Waals surface area contributed by atoms with Crippen LogP contribution in [0.5, 0.6) is 5.75 Å². The first-order valence-corrected chi connectivity index (χ1v) is 7.54. The molecule has 134 valence electrons. The molecule has 0 aliphatic heterocycles. The number of carboxylic acid groups (broad SMARTS) is 1. The average molecular weight is 348 g/mol. The van der Waals surface area contributed by atoms with E-state index in [0.29, 0.717) is 5.56 Å². The third-order valence-electron chi connectivity index (χ3n) is 3.83. The molecule has 25 heavy (non-hydrogen) atoms. The van der Waals surface area contributed by atoms with E-state index in [4.69, 9.17) is 10.2 Å². The predicted octanol–water partition coefficient (Wildman–Crippen LogP) is 0.407. The molecule has 0 fully saturated rings. The van der Waals surface area contributed by atoms with Gasteiger partial charge in [0.25, 0.3) is 5.56 Å². The van der Waals surface area contributed by atoms with Crippen LogP contribution in [0.3, 0.4) is 0 Å². The van der Waals surface area contributed by atoms with Gasteiger partial charge in [-0.2, -0.15) is 0 Å². The third-order valence-corrected chi connectivity index (χ3v) is 3.83. The minimum atomic E-state index is -1.58. The zero-order valence-electron chi connectivity index (χ0n) is 13.9. The Morgan fingerprint density at radius 2 is 1.84 bits per heavy atom. The van der Waals surface area contributed by atoms with Crippen LogP contribution >= 0.6 is 0 Å². The van der Waals surface area contributed by atoms with Crippen LogP contribution in [0, 0.1) is 0 Å². The molecule has 1 unspecified atom stereocenters. The highest BCUT2D eigenvalue weighted by Gasteiger charge is 2.24. The van der Waals surface area contributed by atoms with E-state index < -0.39 is 35.6 Å². The van der Waals surface area contributed by atoms with Crippen molar-refractivity contribution in [3.63, 3.8) is 0 Å². The Labute approximate surface area is 143 Å². The fourth-order valence-corrected chi connectivity index (χ4v) is 2.50. The molecule has 0 aliphatic carbocycles. The Balaban J connectivity index is 2.66. The predicted molar refractivity (Wildman–Crippen MR) is 92.2 cm³/mol. The average Bonchev–Trinajstić information content (AvgIpc) is 2.56. The largest absolute Gasteiger partial charge is 0.506 e. The molecule has 2 rings (SSSR count). The molecule has 0 radical (unpaired) electrons. The van der Waals surface area contributed by atoms with Crippen LogP contribution in [-0.4, -0.2) is 58.2 Å². The standard InChI is InChI=1S/C17H20N2O6/c1-19(2)10-5-3-9(4-6-10)14-12(7-11(21)8-20)15(22)13(17(24)25)16(23)18-14/h3-6,11,20-21H,7-8H2,1-2H3,(H,24,25)(H2,18,22,23). The van der Waals surface area contributed by atoms with Crippen LogP contribution < -0.4 is 10.5 Å². The normalized spacial score (nSPS) is 12.0. The van der Waals surface area contributed by atoms with Crippen molar-refractivity contribution >= 4 is 11.7 Å². The van der Waals surface area contributed by atoms with Gasteiger partial charge in [-0.15, -0.1) is 0 Å². The Morgan fingerprint density at radius 3 is 2.32 bits per heavy atom. The molecule has 1 aromatic heterocycles. The number of carboxylic acids is 1. The lowest BCUT2D eigenvalue weighted by Gasteiger charge is -2.17. The van der Waals surface area contributed by atoms with Crippen LogP contribution in [0.4, 0.5) is 5.69 Å². The molecular formula is C17H20N2O6. The summed E-state index contributed by atoms with van der Waals surface area (Å²) < 4.78 is 0. The molecule has 5 N–H and O–H groups in total. The number of hydrogen-bond acceptors (Lipinski definition) is 6. The second-order valence-electron chi connectivity index (χ2n) is 5.82. The van der Waals surface area contributed by atoms with Crippen molar-refractivity contribution in [3.8, 4) is 17.0 Å². The molecular weight excluding hydrogens is 328 g/mol. The highest BCUT2D eigenvalue weighted by Crippen LogP contribution is 2.31. The van der Waals surface area contributed by atoms with Crippen molar-refractivity contribution in [1.82, 2.24) is 4.98 Å². The van der Waals surface area contributed by atoms with Crippen molar-refractivity contribution in [1.29, 1.82) is 0 Å². The SMILES string of the molecule is CN(C)c1ccc(-c2[nH]c(=O)c(C(=O)O)c(O)c2CC(O)CO)cc1. The van der Waals surface area contributed by atoms with Crippen LogP contribution in [0.1, 0.15) is 15.9 Å². The Morgan fingerprint density at radius 1 is 1.24 bits per heavy atom. The van der Waals surface area contributed by atoms with E-state index in [9.17, 15) is 19.8 Å². The molecule has 0 spiro atoms. The van der Waals surface area contributed by atoms with Gasteiger partial charge in [-0.3, -0.25) is 4.79 Å². The number of aliphatic hydroxyl groups is 2. The molecule has 1 heterocycles. The topological polar surface area (TPSA) is 134 Å². The van der Waals surface area contributed by atoms with Gasteiger partial charge in [0.1, 0.15) is 5.75 Å². The minimum Gasteiger partial charge on any atom is -0.506 e. The van der Waals surface area contributed by atoms with Crippen molar-refractivity contribution in [3.05, 3.63) is 45.7 Å². The number of aliphatic hydroxyl groups excluding tert-OH is 2. The number of aromatic nitrogens is 1. The molecule has 1 aromatic carbocycles. The lowest BCUT2D eigenvalue weighted by Crippen LogP contribution is -2.23. The van der Waals surface area contributed by atoms with Gasteiger partial charge in [-0.05, 0) is 17.7 Å². The zero-order valence-corrected chi connectivity index (χ0v) is 13.9. The summed E-state index contributed by atoms with van der Waals surface area (Å²) in [5, 5.41) is 38.2. The molecule has 0 bridgehead atoms. The molecule has 0 saturated heterocycles. The summed E-state index contributed by atoms with van der Waals surface area (Å²) in [6.45, 7) is -0.569. The van der Waals surface area contributed by atoms with E-state index in [1.807, 2.05) is 19.0 Å². The van der Waals surface area contributed by atoms with Gasteiger partial charge in [0.05, 0.1) is 18.4 Å². The van der Waals surface area contributed by atoms with Gasteiger partial charge < -0.3 is 30.3 Å². The van der Waals surface area contributed by atoms with E-state index in [0.717, 1.165) is 5.69 Å². The number of carbonyl (C=O) groups is 1. The van der Waals surface area contributed by atoms with Crippen LogP contribution in [0.25, 0.3) is 11.3 Å². The number of anilines is 1. The first-order chi connectivity index (χ1) is 11.8. The maximum absolute atomic E-state index is 12.0. The summed E-state index contributed by atoms with van der Waals surface area (Å²) in [5.74, 6) is -2.29. The van der Waals surface area contributed by atoms with Crippen molar-refractivity contribution in [2.24, 2.45) is 0 Å². The van der Waals surface area contributed by atoms with Gasteiger partial charge in [0, 0.05) is 31.8 Å². The maximum atomic E-state index is 12.0. The number of pyridine rings is 1. The van der Waals surface area contributed by atoms with Gasteiger partial charge >= 0.3 is 5.97 Å². The highest BCUT2D eigenvalue weighted by atomic mass is 16.4. The Hall–Kier alpha value is -2.84. The quantitative estimate of drug-likeness (QED) is 0.510. The minimum absolute atomic E-state index is 0.0520. The van der Waals surface area contributed by atoms with Crippen molar-refractivity contribution < 1.29 is 25.2 Å².